The summed E-state index contributed by atoms with van der Waals surface area (Å²) in [5.74, 6) is 0.290. The maximum Gasteiger partial charge on any atom is 0.409 e. The van der Waals surface area contributed by atoms with Gasteiger partial charge in [0.05, 0.1) is 0 Å². The molecule has 1 aromatic heterocycles. The highest BCUT2D eigenvalue weighted by molar-refractivity contribution is 5.67. The Morgan fingerprint density at radius 3 is 2.21 bits per heavy atom. The zero-order valence-electron chi connectivity index (χ0n) is 19.0. The predicted octanol–water partition coefficient (Wildman–Crippen LogP) is 3.88. The molecule has 1 fully saturated rings. The number of piperidine rings is 1. The van der Waals surface area contributed by atoms with Gasteiger partial charge in [0, 0.05) is 20.0 Å². The van der Waals surface area contributed by atoms with E-state index >= 15 is 0 Å². The molecule has 3 aromatic rings. The Morgan fingerprint density at radius 1 is 1.12 bits per heavy atom. The number of aliphatic hydroxyl groups is 1. The molecule has 0 spiro atoms. The average Bonchev–Trinajstić information content (AvgIpc) is 3.25. The van der Waals surface area contributed by atoms with Crippen molar-refractivity contribution in [2.45, 2.75) is 31.9 Å². The number of hydrogen-bond acceptors (Lipinski definition) is 6. The number of nitro groups is 1. The van der Waals surface area contributed by atoms with E-state index in [0.717, 1.165) is 11.1 Å². The Morgan fingerprint density at radius 2 is 1.68 bits per heavy atom. The molecule has 9 heteroatoms. The van der Waals surface area contributed by atoms with Crippen molar-refractivity contribution in [1.82, 2.24) is 14.5 Å². The molecule has 34 heavy (non-hydrogen) atoms. The number of likely N-dealkylation sites (tertiary alicyclic amines) is 1. The first-order valence-electron chi connectivity index (χ1n) is 11.3. The minimum absolute atomic E-state index is 0.00870. The van der Waals surface area contributed by atoms with Gasteiger partial charge in [0.15, 0.2) is 5.82 Å². The first kappa shape index (κ1) is 23.4. The summed E-state index contributed by atoms with van der Waals surface area (Å²) < 4.78 is 6.80. The molecule has 4 rings (SSSR count). The normalized spacial score (nSPS) is 14.7. The lowest BCUT2D eigenvalue weighted by molar-refractivity contribution is -0.392. The summed E-state index contributed by atoms with van der Waals surface area (Å²) in [4.78, 5) is 28.8. The number of aromatic nitrogens is 2. The summed E-state index contributed by atoms with van der Waals surface area (Å²) in [7, 11) is 0. The molecule has 0 aliphatic carbocycles. The molecule has 178 valence electrons. The number of carbonyl (C=O) groups excluding carboxylic acids is 1. The number of benzene rings is 2. The van der Waals surface area contributed by atoms with Crippen LogP contribution in [0.5, 0.6) is 0 Å². The molecule has 9 nitrogen and oxygen atoms in total. The monoisotopic (exact) mass is 464 g/mol. The van der Waals surface area contributed by atoms with Crippen molar-refractivity contribution in [2.75, 3.05) is 19.7 Å². The van der Waals surface area contributed by atoms with Crippen molar-refractivity contribution in [3.8, 4) is 0 Å². The van der Waals surface area contributed by atoms with Crippen LogP contribution in [0.3, 0.4) is 0 Å². The molecule has 0 atom stereocenters. The van der Waals surface area contributed by atoms with Crippen LogP contribution in [0.1, 0.15) is 29.8 Å². The second kappa shape index (κ2) is 10.0. The minimum Gasteiger partial charge on any atom is -0.445 e. The molecule has 1 saturated heterocycles. The summed E-state index contributed by atoms with van der Waals surface area (Å²) in [6.45, 7) is 2.74. The van der Waals surface area contributed by atoms with Crippen LogP contribution in [0.15, 0.2) is 66.9 Å². The number of imidazole rings is 1. The summed E-state index contributed by atoms with van der Waals surface area (Å²) in [5, 5.41) is 23.1. The molecule has 0 radical (unpaired) electrons. The molecule has 1 aliphatic rings. The number of aryl methyl sites for hydroxylation is 1. The summed E-state index contributed by atoms with van der Waals surface area (Å²) >= 11 is 0. The van der Waals surface area contributed by atoms with E-state index in [0.29, 0.717) is 31.8 Å². The van der Waals surface area contributed by atoms with Crippen LogP contribution in [-0.2, 0) is 16.9 Å². The average molecular weight is 465 g/mol. The quantitative estimate of drug-likeness (QED) is 0.420. The summed E-state index contributed by atoms with van der Waals surface area (Å²) in [6, 6.07) is 19.3. The Labute approximate surface area is 197 Å². The second-order valence-corrected chi connectivity index (χ2v) is 8.45. The fraction of sp³-hybridized carbons (Fsp3) is 0.360. The zero-order valence-corrected chi connectivity index (χ0v) is 19.0. The Hall–Kier alpha value is -3.72. The SMILES string of the molecule is Cc1ncc([N+](=O)[O-])n1CCOC(=O)N1CCC(C(O)(c2ccccc2)c2ccccc2)CC1. The van der Waals surface area contributed by atoms with E-state index in [1.54, 1.807) is 11.8 Å². The van der Waals surface area contributed by atoms with E-state index in [4.69, 9.17) is 4.74 Å². The third kappa shape index (κ3) is 4.65. The number of hydrogen-bond donors (Lipinski definition) is 1. The molecule has 2 aromatic carbocycles. The van der Waals surface area contributed by atoms with E-state index in [1.807, 2.05) is 60.7 Å². The van der Waals surface area contributed by atoms with Crippen molar-refractivity contribution in [2.24, 2.45) is 5.92 Å². The van der Waals surface area contributed by atoms with E-state index in [2.05, 4.69) is 4.98 Å². The van der Waals surface area contributed by atoms with Crippen LogP contribution in [0.2, 0.25) is 0 Å². The van der Waals surface area contributed by atoms with Gasteiger partial charge in [0.1, 0.15) is 24.9 Å². The van der Waals surface area contributed by atoms with Gasteiger partial charge in [-0.3, -0.25) is 0 Å². The number of amides is 1. The minimum atomic E-state index is -1.16. The Bertz CT molecular complexity index is 1090. The number of carbonyl (C=O) groups is 1. The third-order valence-electron chi connectivity index (χ3n) is 6.53. The van der Waals surface area contributed by atoms with Crippen molar-refractivity contribution in [3.05, 3.63) is 93.9 Å². The molecule has 1 amide bonds. The molecule has 1 aliphatic heterocycles. The fourth-order valence-corrected chi connectivity index (χ4v) is 4.70. The standard InChI is InChI=1S/C25H28N4O5/c1-19-26-18-23(29(32)33)28(19)16-17-34-24(30)27-14-12-22(13-15-27)25(31,20-8-4-2-5-9-20)21-10-6-3-7-11-21/h2-11,18,22,31H,12-17H2,1H3. The highest BCUT2D eigenvalue weighted by Gasteiger charge is 2.42. The van der Waals surface area contributed by atoms with Crippen LogP contribution in [0.25, 0.3) is 0 Å². The van der Waals surface area contributed by atoms with Crippen LogP contribution in [0.4, 0.5) is 10.6 Å². The van der Waals surface area contributed by atoms with Gasteiger partial charge in [-0.1, -0.05) is 60.7 Å². The highest BCUT2D eigenvalue weighted by Crippen LogP contribution is 2.41. The Balaban J connectivity index is 1.38. The van der Waals surface area contributed by atoms with E-state index in [-0.39, 0.29) is 24.9 Å². The van der Waals surface area contributed by atoms with Crippen LogP contribution < -0.4 is 0 Å². The second-order valence-electron chi connectivity index (χ2n) is 8.45. The maximum atomic E-state index is 12.6. The van der Waals surface area contributed by atoms with Crippen LogP contribution in [-0.4, -0.2) is 50.3 Å². The van der Waals surface area contributed by atoms with E-state index in [9.17, 15) is 20.0 Å². The summed E-state index contributed by atoms with van der Waals surface area (Å²) in [5.41, 5.74) is 0.509. The van der Waals surface area contributed by atoms with Gasteiger partial charge in [0.2, 0.25) is 0 Å². The number of ether oxygens (including phenoxy) is 1. The number of nitrogens with zero attached hydrogens (tertiary/aromatic N) is 4. The molecule has 2 heterocycles. The van der Waals surface area contributed by atoms with E-state index in [1.165, 1.54) is 10.8 Å². The smallest absolute Gasteiger partial charge is 0.409 e. The van der Waals surface area contributed by atoms with Gasteiger partial charge in [-0.2, -0.15) is 0 Å². The van der Waals surface area contributed by atoms with E-state index < -0.39 is 16.6 Å². The fourth-order valence-electron chi connectivity index (χ4n) is 4.70. The first-order valence-corrected chi connectivity index (χ1v) is 11.3. The van der Waals surface area contributed by atoms with Crippen molar-refractivity contribution in [1.29, 1.82) is 0 Å². The molecule has 0 bridgehead atoms. The van der Waals surface area contributed by atoms with Gasteiger partial charge in [0.25, 0.3) is 0 Å². The lowest BCUT2D eigenvalue weighted by atomic mass is 9.72. The van der Waals surface area contributed by atoms with Crippen LogP contribution >= 0.6 is 0 Å². The Kier molecular flexibility index (Phi) is 6.93. The molecular weight excluding hydrogens is 436 g/mol. The van der Waals surface area contributed by atoms with Crippen molar-refractivity contribution in [3.63, 3.8) is 0 Å². The maximum absolute atomic E-state index is 12.6. The van der Waals surface area contributed by atoms with Gasteiger partial charge in [-0.25, -0.2) is 14.3 Å². The topological polar surface area (TPSA) is 111 Å². The first-order chi connectivity index (χ1) is 16.4. The molecule has 0 unspecified atom stereocenters. The zero-order chi connectivity index (χ0) is 24.1. The predicted molar refractivity (Wildman–Crippen MR) is 125 cm³/mol. The highest BCUT2D eigenvalue weighted by atomic mass is 16.6. The van der Waals surface area contributed by atoms with Crippen molar-refractivity contribution >= 4 is 11.9 Å². The summed E-state index contributed by atoms with van der Waals surface area (Å²) in [6.07, 6.45) is 1.97. The van der Waals surface area contributed by atoms with Crippen molar-refractivity contribution < 1.29 is 19.6 Å². The molecule has 0 saturated carbocycles. The van der Waals surface area contributed by atoms with Gasteiger partial charge in [-0.15, -0.1) is 0 Å². The largest absolute Gasteiger partial charge is 0.445 e. The van der Waals surface area contributed by atoms with Crippen LogP contribution in [0, 0.1) is 23.0 Å². The lowest BCUT2D eigenvalue weighted by Gasteiger charge is -2.42. The number of rotatable bonds is 7. The third-order valence-corrected chi connectivity index (χ3v) is 6.53. The lowest BCUT2D eigenvalue weighted by Crippen LogP contribution is -2.46. The van der Waals surface area contributed by atoms with Gasteiger partial charge < -0.3 is 24.9 Å². The van der Waals surface area contributed by atoms with Gasteiger partial charge in [-0.05, 0) is 34.8 Å². The van der Waals surface area contributed by atoms with Gasteiger partial charge >= 0.3 is 11.9 Å². The molecule has 1 N–H and O–H groups in total. The molecular formula is C25H28N4O5.